The van der Waals surface area contributed by atoms with Gasteiger partial charge in [-0.25, -0.2) is 4.79 Å². The average molecular weight is 326 g/mol. The maximum Gasteiger partial charge on any atom is 0.326 e. The van der Waals surface area contributed by atoms with Gasteiger partial charge in [0.25, 0.3) is 5.91 Å². The van der Waals surface area contributed by atoms with Gasteiger partial charge in [-0.3, -0.25) is 9.59 Å². The highest BCUT2D eigenvalue weighted by Crippen LogP contribution is 2.20. The number of hydrogen-bond acceptors (Lipinski definition) is 3. The summed E-state index contributed by atoms with van der Waals surface area (Å²) in [4.78, 5) is 40.4. The lowest BCUT2D eigenvalue weighted by atomic mass is 9.99. The fraction of sp³-hybridized carbons (Fsp3) is 0.278. The Hall–Kier alpha value is -2.89. The third-order valence-electron chi connectivity index (χ3n) is 4.30. The van der Waals surface area contributed by atoms with Crippen molar-refractivity contribution >= 4 is 17.7 Å². The van der Waals surface area contributed by atoms with E-state index in [0.29, 0.717) is 29.7 Å². The number of carbonyl (C=O) groups is 3. The Kier molecular flexibility index (Phi) is 4.46. The quantitative estimate of drug-likeness (QED) is 0.844. The van der Waals surface area contributed by atoms with Gasteiger partial charge in [0, 0.05) is 35.6 Å². The molecule has 0 saturated carbocycles. The van der Waals surface area contributed by atoms with Crippen molar-refractivity contribution in [2.45, 2.75) is 25.3 Å². The molecular formula is C18H18N2O4. The summed E-state index contributed by atoms with van der Waals surface area (Å²) in [5, 5.41) is 9.29. The summed E-state index contributed by atoms with van der Waals surface area (Å²) in [5.74, 6) is -1.40. The number of hydrogen-bond donors (Lipinski definition) is 2. The summed E-state index contributed by atoms with van der Waals surface area (Å²) >= 11 is 0. The monoisotopic (exact) mass is 326 g/mol. The number of aromatic nitrogens is 1. The van der Waals surface area contributed by atoms with E-state index in [0.717, 1.165) is 12.8 Å². The Labute approximate surface area is 139 Å². The van der Waals surface area contributed by atoms with Crippen molar-refractivity contribution in [2.24, 2.45) is 0 Å². The zero-order chi connectivity index (χ0) is 17.1. The van der Waals surface area contributed by atoms with Crippen LogP contribution in [0.15, 0.2) is 42.7 Å². The molecule has 0 aliphatic carbocycles. The number of carboxylic acids is 1. The van der Waals surface area contributed by atoms with Crippen LogP contribution in [0.2, 0.25) is 0 Å². The largest absolute Gasteiger partial charge is 0.480 e. The summed E-state index contributed by atoms with van der Waals surface area (Å²) in [6.07, 6.45) is 5.38. The lowest BCUT2D eigenvalue weighted by molar-refractivity contribution is -0.143. The van der Waals surface area contributed by atoms with Gasteiger partial charge in [-0.1, -0.05) is 12.1 Å². The molecule has 2 N–H and O–H groups in total. The first-order chi connectivity index (χ1) is 11.6. The molecule has 1 amide bonds. The number of piperidine rings is 1. The van der Waals surface area contributed by atoms with Crippen molar-refractivity contribution in [3.63, 3.8) is 0 Å². The third-order valence-corrected chi connectivity index (χ3v) is 4.30. The Morgan fingerprint density at radius 2 is 1.71 bits per heavy atom. The number of rotatable bonds is 4. The molecular weight excluding hydrogens is 308 g/mol. The normalized spacial score (nSPS) is 17.5. The number of nitrogens with one attached hydrogen (secondary N) is 1. The minimum absolute atomic E-state index is 0.128. The van der Waals surface area contributed by atoms with Crippen LogP contribution in [0.3, 0.4) is 0 Å². The number of likely N-dealkylation sites (tertiary alicyclic amines) is 1. The second kappa shape index (κ2) is 6.70. The number of H-pyrrole nitrogens is 1. The van der Waals surface area contributed by atoms with Crippen LogP contribution < -0.4 is 0 Å². The fourth-order valence-electron chi connectivity index (χ4n) is 2.99. The van der Waals surface area contributed by atoms with Gasteiger partial charge in [0.05, 0.1) is 0 Å². The molecule has 1 aromatic heterocycles. The molecule has 1 fully saturated rings. The van der Waals surface area contributed by atoms with E-state index in [1.807, 2.05) is 0 Å². The van der Waals surface area contributed by atoms with Gasteiger partial charge in [0.1, 0.15) is 6.04 Å². The molecule has 0 radical (unpaired) electrons. The molecule has 6 heteroatoms. The van der Waals surface area contributed by atoms with E-state index in [9.17, 15) is 19.5 Å². The zero-order valence-electron chi connectivity index (χ0n) is 13.1. The molecule has 1 aliphatic heterocycles. The smallest absolute Gasteiger partial charge is 0.326 e. The summed E-state index contributed by atoms with van der Waals surface area (Å²) in [5.41, 5.74) is 1.43. The summed E-state index contributed by atoms with van der Waals surface area (Å²) in [6, 6.07) is 7.27. The molecule has 2 aromatic rings. The fourth-order valence-corrected chi connectivity index (χ4v) is 2.99. The molecule has 124 valence electrons. The Bertz CT molecular complexity index is 750. The van der Waals surface area contributed by atoms with Crippen molar-refractivity contribution < 1.29 is 19.5 Å². The van der Waals surface area contributed by atoms with Gasteiger partial charge in [0.15, 0.2) is 5.78 Å². The maximum absolute atomic E-state index is 12.6. The maximum atomic E-state index is 12.6. The number of ketones is 1. The van der Waals surface area contributed by atoms with E-state index in [1.54, 1.807) is 42.7 Å². The van der Waals surface area contributed by atoms with Crippen molar-refractivity contribution in [3.05, 3.63) is 59.4 Å². The number of carbonyl (C=O) groups excluding carboxylic acids is 2. The molecule has 1 saturated heterocycles. The van der Waals surface area contributed by atoms with E-state index >= 15 is 0 Å². The molecule has 1 atom stereocenters. The van der Waals surface area contributed by atoms with E-state index < -0.39 is 12.0 Å². The van der Waals surface area contributed by atoms with Gasteiger partial charge in [0.2, 0.25) is 0 Å². The van der Waals surface area contributed by atoms with E-state index in [-0.39, 0.29) is 11.7 Å². The van der Waals surface area contributed by atoms with Crippen molar-refractivity contribution in [1.29, 1.82) is 0 Å². The van der Waals surface area contributed by atoms with Crippen LogP contribution in [0.4, 0.5) is 0 Å². The number of aromatic amines is 1. The van der Waals surface area contributed by atoms with Crippen molar-refractivity contribution in [2.75, 3.05) is 6.54 Å². The Morgan fingerprint density at radius 1 is 1.00 bits per heavy atom. The number of nitrogens with zero attached hydrogens (tertiary/aromatic N) is 1. The first-order valence-corrected chi connectivity index (χ1v) is 7.89. The van der Waals surface area contributed by atoms with Gasteiger partial charge in [-0.05, 0) is 37.5 Å². The Balaban J connectivity index is 1.78. The minimum Gasteiger partial charge on any atom is -0.480 e. The zero-order valence-corrected chi connectivity index (χ0v) is 13.1. The standard InChI is InChI=1S/C18H18N2O4/c21-16(14-8-9-19-11-14)12-4-6-13(7-5-12)17(22)20-10-2-1-3-15(20)18(23)24/h4-9,11,15,19H,1-3,10H2,(H,23,24)/t15-/m1/s1. The van der Waals surface area contributed by atoms with Crippen LogP contribution in [0.1, 0.15) is 45.5 Å². The van der Waals surface area contributed by atoms with Crippen molar-refractivity contribution in [3.8, 4) is 0 Å². The second-order valence-corrected chi connectivity index (χ2v) is 5.85. The van der Waals surface area contributed by atoms with Crippen LogP contribution in [0.5, 0.6) is 0 Å². The molecule has 3 rings (SSSR count). The molecule has 0 bridgehead atoms. The number of carboxylic acid groups (broad SMARTS) is 1. The predicted molar refractivity (Wildman–Crippen MR) is 87.0 cm³/mol. The molecule has 1 aliphatic rings. The highest BCUT2D eigenvalue weighted by atomic mass is 16.4. The molecule has 6 nitrogen and oxygen atoms in total. The first-order valence-electron chi connectivity index (χ1n) is 7.89. The number of amides is 1. The summed E-state index contributed by atoms with van der Waals surface area (Å²) in [6.45, 7) is 0.444. The van der Waals surface area contributed by atoms with Crippen LogP contribution in [-0.4, -0.2) is 45.2 Å². The van der Waals surface area contributed by atoms with Gasteiger partial charge in [-0.2, -0.15) is 0 Å². The van der Waals surface area contributed by atoms with E-state index in [4.69, 9.17) is 0 Å². The number of aliphatic carboxylic acids is 1. The first kappa shape index (κ1) is 16.0. The topological polar surface area (TPSA) is 90.5 Å². The summed E-state index contributed by atoms with van der Waals surface area (Å²) < 4.78 is 0. The van der Waals surface area contributed by atoms with Crippen LogP contribution >= 0.6 is 0 Å². The highest BCUT2D eigenvalue weighted by molar-refractivity contribution is 6.09. The molecule has 2 heterocycles. The van der Waals surface area contributed by atoms with Crippen LogP contribution in [0, 0.1) is 0 Å². The molecule has 0 unspecified atom stereocenters. The van der Waals surface area contributed by atoms with E-state index in [2.05, 4.69) is 4.98 Å². The predicted octanol–water partition coefficient (Wildman–Crippen LogP) is 2.33. The summed E-state index contributed by atoms with van der Waals surface area (Å²) in [7, 11) is 0. The van der Waals surface area contributed by atoms with Gasteiger partial charge in [-0.15, -0.1) is 0 Å². The SMILES string of the molecule is O=C(c1ccc(C(=O)N2CCCC[C@@H]2C(=O)O)cc1)c1cc[nH]c1. The van der Waals surface area contributed by atoms with Crippen LogP contribution in [-0.2, 0) is 4.79 Å². The van der Waals surface area contributed by atoms with Gasteiger partial charge >= 0.3 is 5.97 Å². The molecule has 24 heavy (non-hydrogen) atoms. The second-order valence-electron chi connectivity index (χ2n) is 5.85. The Morgan fingerprint density at radius 3 is 2.33 bits per heavy atom. The highest BCUT2D eigenvalue weighted by Gasteiger charge is 2.32. The lowest BCUT2D eigenvalue weighted by Gasteiger charge is -2.33. The lowest BCUT2D eigenvalue weighted by Crippen LogP contribution is -2.47. The number of benzene rings is 1. The van der Waals surface area contributed by atoms with E-state index in [1.165, 1.54) is 4.90 Å². The van der Waals surface area contributed by atoms with Gasteiger partial charge < -0.3 is 15.0 Å². The van der Waals surface area contributed by atoms with Crippen molar-refractivity contribution in [1.82, 2.24) is 9.88 Å². The molecule has 1 aromatic carbocycles. The molecule has 0 spiro atoms. The van der Waals surface area contributed by atoms with Crippen LogP contribution in [0.25, 0.3) is 0 Å². The average Bonchev–Trinajstić information content (AvgIpc) is 3.15. The minimum atomic E-state index is -0.970. The third kappa shape index (κ3) is 3.08.